The zero-order chi connectivity index (χ0) is 22.1. The summed E-state index contributed by atoms with van der Waals surface area (Å²) in [4.78, 5) is 27.5. The van der Waals surface area contributed by atoms with Crippen LogP contribution in [-0.4, -0.2) is 18.5 Å². The predicted octanol–water partition coefficient (Wildman–Crippen LogP) is 6.94. The van der Waals surface area contributed by atoms with Crippen LogP contribution in [-0.2, 0) is 17.6 Å². The van der Waals surface area contributed by atoms with E-state index in [2.05, 4.69) is 17.4 Å². The number of carbonyl (C=O) groups is 2. The lowest BCUT2D eigenvalue weighted by atomic mass is 9.95. The molecule has 0 spiro atoms. The van der Waals surface area contributed by atoms with Gasteiger partial charge in [0.2, 0.25) is 0 Å². The van der Waals surface area contributed by atoms with Gasteiger partial charge in [-0.05, 0) is 54.5 Å². The largest absolute Gasteiger partial charge is 0.462 e. The number of ether oxygens (including phenoxy) is 1. The first-order valence-electron chi connectivity index (χ1n) is 10.8. The van der Waals surface area contributed by atoms with E-state index in [1.54, 1.807) is 18.3 Å². The summed E-state index contributed by atoms with van der Waals surface area (Å²) in [5.41, 5.74) is 4.07. The lowest BCUT2D eigenvalue weighted by Crippen LogP contribution is -2.16. The maximum Gasteiger partial charge on any atom is 0.341 e. The van der Waals surface area contributed by atoms with Gasteiger partial charge in [0.1, 0.15) is 10.6 Å². The Morgan fingerprint density at radius 2 is 1.78 bits per heavy atom. The minimum atomic E-state index is -0.417. The number of hydrogen-bond acceptors (Lipinski definition) is 5. The first-order valence-corrected chi connectivity index (χ1v) is 12.6. The molecule has 4 nitrogen and oxygen atoms in total. The van der Waals surface area contributed by atoms with Crippen molar-refractivity contribution < 1.29 is 14.3 Å². The molecule has 0 atom stereocenters. The third-order valence-electron chi connectivity index (χ3n) is 5.88. The van der Waals surface area contributed by atoms with Crippen molar-refractivity contribution in [2.45, 2.75) is 32.6 Å². The number of anilines is 1. The molecular weight excluding hydrogens is 438 g/mol. The van der Waals surface area contributed by atoms with Crippen molar-refractivity contribution in [2.75, 3.05) is 11.9 Å². The van der Waals surface area contributed by atoms with E-state index in [9.17, 15) is 9.59 Å². The fraction of sp³-hybridized carbons (Fsp3) is 0.231. The number of thiophene rings is 2. The maximum atomic E-state index is 13.2. The molecular formula is C26H23NO3S2. The van der Waals surface area contributed by atoms with Crippen LogP contribution in [0.5, 0.6) is 0 Å². The van der Waals surface area contributed by atoms with Gasteiger partial charge in [-0.15, -0.1) is 22.7 Å². The molecule has 6 heteroatoms. The Bertz CT molecular complexity index is 1310. The summed E-state index contributed by atoms with van der Waals surface area (Å²) < 4.78 is 5.38. The van der Waals surface area contributed by atoms with Crippen molar-refractivity contribution in [3.05, 3.63) is 74.8 Å². The second kappa shape index (κ2) is 8.88. The van der Waals surface area contributed by atoms with Crippen molar-refractivity contribution in [1.82, 2.24) is 0 Å². The molecule has 0 saturated carbocycles. The number of aryl methyl sites for hydroxylation is 1. The SMILES string of the molecule is CCOC(=O)c1c(-c2cccc3ccccc23)csc1NC(=O)c1csc2c1CCCC2. The fourth-order valence-electron chi connectivity index (χ4n) is 4.37. The van der Waals surface area contributed by atoms with Crippen molar-refractivity contribution in [2.24, 2.45) is 0 Å². The smallest absolute Gasteiger partial charge is 0.341 e. The van der Waals surface area contributed by atoms with Gasteiger partial charge in [-0.25, -0.2) is 4.79 Å². The van der Waals surface area contributed by atoms with Crippen LogP contribution in [0, 0.1) is 0 Å². The molecule has 0 bridgehead atoms. The highest BCUT2D eigenvalue weighted by molar-refractivity contribution is 7.15. The van der Waals surface area contributed by atoms with E-state index < -0.39 is 5.97 Å². The van der Waals surface area contributed by atoms with Gasteiger partial charge in [0.15, 0.2) is 0 Å². The number of hydrogen-bond donors (Lipinski definition) is 1. The Hall–Kier alpha value is -2.96. The van der Waals surface area contributed by atoms with Gasteiger partial charge in [0, 0.05) is 21.2 Å². The lowest BCUT2D eigenvalue weighted by molar-refractivity contribution is 0.0529. The zero-order valence-corrected chi connectivity index (χ0v) is 19.4. The normalized spacial score (nSPS) is 13.0. The molecule has 2 aromatic carbocycles. The minimum Gasteiger partial charge on any atom is -0.462 e. The van der Waals surface area contributed by atoms with Crippen LogP contribution in [0.3, 0.4) is 0 Å². The van der Waals surface area contributed by atoms with Gasteiger partial charge in [-0.1, -0.05) is 42.5 Å². The molecule has 1 aliphatic rings. The molecule has 2 aromatic heterocycles. The Morgan fingerprint density at radius 1 is 0.969 bits per heavy atom. The first kappa shape index (κ1) is 20.9. The number of benzene rings is 2. The van der Waals surface area contributed by atoms with E-state index in [1.807, 2.05) is 41.1 Å². The Kier molecular flexibility index (Phi) is 5.81. The zero-order valence-electron chi connectivity index (χ0n) is 17.8. The van der Waals surface area contributed by atoms with Crippen LogP contribution in [0.25, 0.3) is 21.9 Å². The van der Waals surface area contributed by atoms with E-state index in [4.69, 9.17) is 4.74 Å². The molecule has 1 aliphatic carbocycles. The third kappa shape index (κ3) is 3.74. The van der Waals surface area contributed by atoms with Gasteiger partial charge in [0.05, 0.1) is 12.2 Å². The fourth-order valence-corrected chi connectivity index (χ4v) is 6.44. The molecule has 0 aliphatic heterocycles. The quantitative estimate of drug-likeness (QED) is 0.328. The Labute approximate surface area is 194 Å². The van der Waals surface area contributed by atoms with Gasteiger partial charge < -0.3 is 10.1 Å². The topological polar surface area (TPSA) is 55.4 Å². The van der Waals surface area contributed by atoms with Crippen LogP contribution >= 0.6 is 22.7 Å². The van der Waals surface area contributed by atoms with E-state index >= 15 is 0 Å². The van der Waals surface area contributed by atoms with Gasteiger partial charge in [0.25, 0.3) is 5.91 Å². The molecule has 0 saturated heterocycles. The second-order valence-electron chi connectivity index (χ2n) is 7.81. The molecule has 2 heterocycles. The average molecular weight is 462 g/mol. The molecule has 1 N–H and O–H groups in total. The maximum absolute atomic E-state index is 13.2. The van der Waals surface area contributed by atoms with E-state index in [-0.39, 0.29) is 12.5 Å². The van der Waals surface area contributed by atoms with Gasteiger partial charge in [-0.2, -0.15) is 0 Å². The van der Waals surface area contributed by atoms with Crippen molar-refractivity contribution >= 4 is 50.3 Å². The predicted molar refractivity (Wildman–Crippen MR) is 132 cm³/mol. The highest BCUT2D eigenvalue weighted by Gasteiger charge is 2.26. The first-order chi connectivity index (χ1) is 15.7. The van der Waals surface area contributed by atoms with Crippen LogP contribution in [0.4, 0.5) is 5.00 Å². The molecule has 1 amide bonds. The summed E-state index contributed by atoms with van der Waals surface area (Å²) >= 11 is 3.03. The Morgan fingerprint density at radius 3 is 2.66 bits per heavy atom. The van der Waals surface area contributed by atoms with Crippen LogP contribution in [0.15, 0.2) is 53.2 Å². The summed E-state index contributed by atoms with van der Waals surface area (Å²) in [5.74, 6) is -0.569. The molecule has 4 aromatic rings. The third-order valence-corrected chi connectivity index (χ3v) is 7.87. The number of fused-ring (bicyclic) bond motifs is 2. The molecule has 32 heavy (non-hydrogen) atoms. The average Bonchev–Trinajstić information content (AvgIpc) is 3.43. The monoisotopic (exact) mass is 461 g/mol. The molecule has 0 radical (unpaired) electrons. The number of esters is 1. The second-order valence-corrected chi connectivity index (χ2v) is 9.66. The Balaban J connectivity index is 1.56. The van der Waals surface area contributed by atoms with Gasteiger partial charge in [-0.3, -0.25) is 4.79 Å². The number of nitrogens with one attached hydrogen (secondary N) is 1. The summed E-state index contributed by atoms with van der Waals surface area (Å²) in [6.45, 7) is 2.06. The standard InChI is InChI=1S/C26H23NO3S2/c1-2-30-26(29)23-20(18-12-7-9-16-8-3-4-10-17(16)18)14-32-25(23)27-24(28)21-15-31-22-13-6-5-11-19(21)22/h3-4,7-10,12,14-15H,2,5-6,11,13H2,1H3,(H,27,28). The number of amides is 1. The highest BCUT2D eigenvalue weighted by Crippen LogP contribution is 2.40. The summed E-state index contributed by atoms with van der Waals surface area (Å²) in [6.07, 6.45) is 4.28. The van der Waals surface area contributed by atoms with Crippen LogP contribution in [0.1, 0.15) is 50.9 Å². The molecule has 162 valence electrons. The van der Waals surface area contributed by atoms with E-state index in [1.165, 1.54) is 28.2 Å². The number of rotatable bonds is 5. The number of carbonyl (C=O) groups excluding carboxylic acids is 2. The lowest BCUT2D eigenvalue weighted by Gasteiger charge is -2.13. The van der Waals surface area contributed by atoms with Crippen molar-refractivity contribution in [3.8, 4) is 11.1 Å². The molecule has 5 rings (SSSR count). The van der Waals surface area contributed by atoms with Crippen LogP contribution < -0.4 is 5.32 Å². The van der Waals surface area contributed by atoms with E-state index in [0.717, 1.165) is 46.7 Å². The summed E-state index contributed by atoms with van der Waals surface area (Å²) in [5, 5.41) is 9.61. The minimum absolute atomic E-state index is 0.152. The summed E-state index contributed by atoms with van der Waals surface area (Å²) in [6, 6.07) is 14.1. The summed E-state index contributed by atoms with van der Waals surface area (Å²) in [7, 11) is 0. The van der Waals surface area contributed by atoms with Crippen molar-refractivity contribution in [1.29, 1.82) is 0 Å². The van der Waals surface area contributed by atoms with Gasteiger partial charge >= 0.3 is 5.97 Å². The highest BCUT2D eigenvalue weighted by atomic mass is 32.1. The molecule has 0 unspecified atom stereocenters. The van der Waals surface area contributed by atoms with E-state index in [0.29, 0.717) is 10.6 Å². The van der Waals surface area contributed by atoms with Crippen molar-refractivity contribution in [3.63, 3.8) is 0 Å². The van der Waals surface area contributed by atoms with Crippen LogP contribution in [0.2, 0.25) is 0 Å². The molecule has 0 fully saturated rings.